The summed E-state index contributed by atoms with van der Waals surface area (Å²) >= 11 is 1.59. The zero-order chi connectivity index (χ0) is 18.1. The molecule has 0 bridgehead atoms. The van der Waals surface area contributed by atoms with Crippen LogP contribution in [0.25, 0.3) is 20.8 Å². The third-order valence-electron chi connectivity index (χ3n) is 4.12. The maximum Gasteiger partial charge on any atom is 0.248 e. The van der Waals surface area contributed by atoms with E-state index in [1.54, 1.807) is 29.7 Å². The Hall–Kier alpha value is -3.25. The number of aromatic nitrogens is 2. The van der Waals surface area contributed by atoms with Gasteiger partial charge in [-0.1, -0.05) is 24.3 Å². The van der Waals surface area contributed by atoms with Gasteiger partial charge in [0.25, 0.3) is 0 Å². The predicted molar refractivity (Wildman–Crippen MR) is 105 cm³/mol. The molecule has 0 atom stereocenters. The number of amides is 1. The second-order valence-electron chi connectivity index (χ2n) is 6.00. The molecular formula is C20H16N4OS. The molecule has 0 spiro atoms. The number of anilines is 1. The Morgan fingerprint density at radius 3 is 2.69 bits per heavy atom. The summed E-state index contributed by atoms with van der Waals surface area (Å²) < 4.78 is 1.11. The van der Waals surface area contributed by atoms with Gasteiger partial charge in [-0.25, -0.2) is 9.97 Å². The average molecular weight is 360 g/mol. The minimum atomic E-state index is -0.433. The number of pyridine rings is 1. The molecule has 0 unspecified atom stereocenters. The number of hydrogen-bond acceptors (Lipinski definition) is 5. The van der Waals surface area contributed by atoms with Gasteiger partial charge < -0.3 is 11.5 Å². The minimum absolute atomic E-state index is 0.433. The fourth-order valence-electron chi connectivity index (χ4n) is 2.84. The molecule has 0 radical (unpaired) electrons. The molecule has 0 fully saturated rings. The van der Waals surface area contributed by atoms with Crippen molar-refractivity contribution in [2.75, 3.05) is 5.73 Å². The molecule has 1 amide bonds. The van der Waals surface area contributed by atoms with Crippen LogP contribution < -0.4 is 11.5 Å². The van der Waals surface area contributed by atoms with Crippen LogP contribution in [0.2, 0.25) is 0 Å². The molecule has 0 aliphatic rings. The molecule has 0 saturated carbocycles. The lowest BCUT2D eigenvalue weighted by Crippen LogP contribution is -2.11. The molecule has 6 heteroatoms. The number of thiazole rings is 1. The molecule has 26 heavy (non-hydrogen) atoms. The third kappa shape index (κ3) is 3.14. The van der Waals surface area contributed by atoms with Crippen LogP contribution in [-0.2, 0) is 6.42 Å². The molecular weight excluding hydrogens is 344 g/mol. The average Bonchev–Trinajstić information content (AvgIpc) is 3.07. The summed E-state index contributed by atoms with van der Waals surface area (Å²) in [6.45, 7) is 0. The Labute approximate surface area is 154 Å². The highest BCUT2D eigenvalue weighted by Crippen LogP contribution is 2.33. The predicted octanol–water partition coefficient (Wildman–Crippen LogP) is 3.63. The van der Waals surface area contributed by atoms with Crippen molar-refractivity contribution in [3.05, 3.63) is 77.5 Å². The number of carbonyl (C=O) groups excluding carboxylic acids is 1. The van der Waals surface area contributed by atoms with E-state index in [1.807, 2.05) is 42.5 Å². The molecule has 2 aromatic carbocycles. The normalized spacial score (nSPS) is 10.9. The van der Waals surface area contributed by atoms with E-state index in [-0.39, 0.29) is 0 Å². The number of hydrogen-bond donors (Lipinski definition) is 2. The zero-order valence-corrected chi connectivity index (χ0v) is 14.7. The third-order valence-corrected chi connectivity index (χ3v) is 5.19. The maximum absolute atomic E-state index is 11.4. The van der Waals surface area contributed by atoms with Crippen molar-refractivity contribution in [1.82, 2.24) is 9.97 Å². The lowest BCUT2D eigenvalue weighted by Gasteiger charge is -2.07. The number of fused-ring (bicyclic) bond motifs is 1. The second kappa shape index (κ2) is 6.57. The van der Waals surface area contributed by atoms with Crippen LogP contribution in [0.5, 0.6) is 0 Å². The quantitative estimate of drug-likeness (QED) is 0.581. The first-order chi connectivity index (χ1) is 12.6. The van der Waals surface area contributed by atoms with Crippen molar-refractivity contribution in [2.24, 2.45) is 5.73 Å². The summed E-state index contributed by atoms with van der Waals surface area (Å²) in [5.41, 5.74) is 15.7. The van der Waals surface area contributed by atoms with E-state index in [0.717, 1.165) is 31.9 Å². The van der Waals surface area contributed by atoms with Crippen LogP contribution >= 0.6 is 11.3 Å². The number of primary amides is 1. The first-order valence-electron chi connectivity index (χ1n) is 8.09. The zero-order valence-electron chi connectivity index (χ0n) is 13.8. The van der Waals surface area contributed by atoms with E-state index in [4.69, 9.17) is 11.5 Å². The van der Waals surface area contributed by atoms with E-state index in [1.165, 1.54) is 0 Å². The van der Waals surface area contributed by atoms with Crippen molar-refractivity contribution in [1.29, 1.82) is 0 Å². The van der Waals surface area contributed by atoms with Crippen LogP contribution in [0.1, 0.15) is 21.5 Å². The Morgan fingerprint density at radius 2 is 1.88 bits per heavy atom. The SMILES string of the molecule is NC(=O)c1cccc(Cc2cnc(N)c(-c3nc4ccccc4s3)c2)c1. The van der Waals surface area contributed by atoms with Gasteiger partial charge in [0.1, 0.15) is 10.8 Å². The Kier molecular flexibility index (Phi) is 4.10. The van der Waals surface area contributed by atoms with Gasteiger partial charge in [0, 0.05) is 11.8 Å². The molecule has 5 nitrogen and oxygen atoms in total. The van der Waals surface area contributed by atoms with Crippen LogP contribution in [0.4, 0.5) is 5.82 Å². The van der Waals surface area contributed by atoms with Gasteiger partial charge in [-0.2, -0.15) is 0 Å². The summed E-state index contributed by atoms with van der Waals surface area (Å²) in [4.78, 5) is 20.4. The van der Waals surface area contributed by atoms with Crippen LogP contribution in [-0.4, -0.2) is 15.9 Å². The number of carbonyl (C=O) groups is 1. The Bertz CT molecular complexity index is 1090. The molecule has 4 N–H and O–H groups in total. The van der Waals surface area contributed by atoms with Crippen LogP contribution in [0.3, 0.4) is 0 Å². The van der Waals surface area contributed by atoms with Crippen LogP contribution in [0, 0.1) is 0 Å². The molecule has 2 heterocycles. The fraction of sp³-hybridized carbons (Fsp3) is 0.0500. The first kappa shape index (κ1) is 16.2. The number of nitrogens with zero attached hydrogens (tertiary/aromatic N) is 2. The van der Waals surface area contributed by atoms with Crippen molar-refractivity contribution in [3.63, 3.8) is 0 Å². The summed E-state index contributed by atoms with van der Waals surface area (Å²) in [5, 5.41) is 0.851. The van der Waals surface area contributed by atoms with Crippen molar-refractivity contribution in [3.8, 4) is 10.6 Å². The molecule has 0 aliphatic heterocycles. The Morgan fingerprint density at radius 1 is 1.04 bits per heavy atom. The minimum Gasteiger partial charge on any atom is -0.383 e. The summed E-state index contributed by atoms with van der Waals surface area (Å²) in [5.74, 6) is 0.0242. The van der Waals surface area contributed by atoms with Crippen molar-refractivity contribution in [2.45, 2.75) is 6.42 Å². The number of rotatable bonds is 4. The largest absolute Gasteiger partial charge is 0.383 e. The van der Waals surface area contributed by atoms with E-state index in [2.05, 4.69) is 9.97 Å². The van der Waals surface area contributed by atoms with E-state index in [9.17, 15) is 4.79 Å². The fourth-order valence-corrected chi connectivity index (χ4v) is 3.83. The summed E-state index contributed by atoms with van der Waals surface area (Å²) in [7, 11) is 0. The monoisotopic (exact) mass is 360 g/mol. The van der Waals surface area contributed by atoms with Gasteiger partial charge in [0.2, 0.25) is 5.91 Å². The van der Waals surface area contributed by atoms with Crippen LogP contribution in [0.15, 0.2) is 60.8 Å². The van der Waals surface area contributed by atoms with E-state index < -0.39 is 5.91 Å². The van der Waals surface area contributed by atoms with E-state index in [0.29, 0.717) is 17.8 Å². The topological polar surface area (TPSA) is 94.9 Å². The van der Waals surface area contributed by atoms with Gasteiger partial charge in [0.05, 0.1) is 15.8 Å². The summed E-state index contributed by atoms with van der Waals surface area (Å²) in [6.07, 6.45) is 2.38. The highest BCUT2D eigenvalue weighted by molar-refractivity contribution is 7.21. The number of nitrogens with two attached hydrogens (primary N) is 2. The van der Waals surface area contributed by atoms with Gasteiger partial charge in [-0.15, -0.1) is 11.3 Å². The number of nitrogen functional groups attached to an aromatic ring is 1. The Balaban J connectivity index is 1.70. The van der Waals surface area contributed by atoms with Crippen molar-refractivity contribution < 1.29 is 4.79 Å². The number of para-hydroxylation sites is 1. The lowest BCUT2D eigenvalue weighted by atomic mass is 10.0. The van der Waals surface area contributed by atoms with Gasteiger partial charge in [0.15, 0.2) is 0 Å². The maximum atomic E-state index is 11.4. The van der Waals surface area contributed by atoms with Gasteiger partial charge in [-0.3, -0.25) is 4.79 Å². The van der Waals surface area contributed by atoms with Gasteiger partial charge >= 0.3 is 0 Å². The number of benzene rings is 2. The molecule has 2 aromatic heterocycles. The molecule has 0 saturated heterocycles. The standard InChI is InChI=1S/C20H16N4OS/c21-18-15(20-24-16-6-1-2-7-17(16)26-20)10-13(11-23-18)8-12-4-3-5-14(9-12)19(22)25/h1-7,9-11H,8H2,(H2,21,23)(H2,22,25). The molecule has 4 aromatic rings. The summed E-state index contributed by atoms with van der Waals surface area (Å²) in [6, 6.07) is 17.3. The van der Waals surface area contributed by atoms with Gasteiger partial charge in [-0.05, 0) is 47.9 Å². The molecule has 128 valence electrons. The highest BCUT2D eigenvalue weighted by Gasteiger charge is 2.12. The molecule has 0 aliphatic carbocycles. The van der Waals surface area contributed by atoms with Crippen molar-refractivity contribution >= 4 is 33.3 Å². The molecule has 4 rings (SSSR count). The second-order valence-corrected chi connectivity index (χ2v) is 7.04. The van der Waals surface area contributed by atoms with E-state index >= 15 is 0 Å². The smallest absolute Gasteiger partial charge is 0.248 e. The first-order valence-corrected chi connectivity index (χ1v) is 8.91. The highest BCUT2D eigenvalue weighted by atomic mass is 32.1. The lowest BCUT2D eigenvalue weighted by molar-refractivity contribution is 0.1000.